The molecule has 1 unspecified atom stereocenters. The molecular weight excluding hydrogens is 524 g/mol. The van der Waals surface area contributed by atoms with E-state index in [0.717, 1.165) is 35.1 Å². The molecule has 4 atom stereocenters. The third-order valence-corrected chi connectivity index (χ3v) is 8.82. The Hall–Kier alpha value is -4.21. The second-order valence-electron chi connectivity index (χ2n) is 11.4. The molecule has 0 aromatic heterocycles. The average molecular weight is 559 g/mol. The van der Waals surface area contributed by atoms with E-state index in [1.807, 2.05) is 24.3 Å². The molecule has 0 heterocycles. The highest BCUT2D eigenvalue weighted by molar-refractivity contribution is 6.24. The largest absolute Gasteiger partial charge is 0.508 e. The predicted molar refractivity (Wildman–Crippen MR) is 153 cm³/mol. The van der Waals surface area contributed by atoms with Gasteiger partial charge in [0.25, 0.3) is 5.91 Å². The summed E-state index contributed by atoms with van der Waals surface area (Å²) in [6.45, 7) is 6.13. The van der Waals surface area contributed by atoms with Gasteiger partial charge in [0.1, 0.15) is 22.8 Å². The Bertz CT molecular complexity index is 1570. The Morgan fingerprint density at radius 2 is 1.76 bits per heavy atom. The zero-order valence-corrected chi connectivity index (χ0v) is 23.3. The van der Waals surface area contributed by atoms with Gasteiger partial charge in [0.15, 0.2) is 11.4 Å². The lowest BCUT2D eigenvalue weighted by Crippen LogP contribution is -2.65. The fraction of sp³-hybridized carbons (Fsp3) is 0.344. The van der Waals surface area contributed by atoms with Crippen molar-refractivity contribution in [2.45, 2.75) is 44.2 Å². The average Bonchev–Trinajstić information content (AvgIpc) is 2.91. The van der Waals surface area contributed by atoms with Crippen molar-refractivity contribution in [1.29, 1.82) is 0 Å². The number of fused-ring (bicyclic) bond motifs is 3. The number of phenols is 1. The molecule has 0 bridgehead atoms. The number of carbonyl (C=O) groups excluding carboxylic acids is 3. The van der Waals surface area contributed by atoms with Crippen molar-refractivity contribution < 1.29 is 34.8 Å². The number of allylic oxidation sites excluding steroid dienone is 1. The van der Waals surface area contributed by atoms with E-state index >= 15 is 0 Å². The summed E-state index contributed by atoms with van der Waals surface area (Å²) in [5.41, 5.74) is 6.26. The van der Waals surface area contributed by atoms with Gasteiger partial charge < -0.3 is 26.2 Å². The Kier molecular flexibility index (Phi) is 6.91. The Morgan fingerprint density at radius 1 is 1.10 bits per heavy atom. The van der Waals surface area contributed by atoms with Crippen molar-refractivity contribution in [3.8, 4) is 16.9 Å². The summed E-state index contributed by atoms with van der Waals surface area (Å²) in [6, 6.07) is 10.0. The molecule has 41 heavy (non-hydrogen) atoms. The Morgan fingerprint density at radius 3 is 2.34 bits per heavy atom. The molecule has 214 valence electrons. The number of rotatable bonds is 6. The van der Waals surface area contributed by atoms with Gasteiger partial charge in [-0.1, -0.05) is 49.4 Å². The van der Waals surface area contributed by atoms with E-state index in [1.165, 1.54) is 11.0 Å². The van der Waals surface area contributed by atoms with Crippen LogP contribution in [0.1, 0.15) is 36.5 Å². The van der Waals surface area contributed by atoms with Crippen LogP contribution in [0.3, 0.4) is 0 Å². The van der Waals surface area contributed by atoms with Crippen molar-refractivity contribution in [3.05, 3.63) is 82.1 Å². The molecule has 1 fully saturated rings. The first-order chi connectivity index (χ1) is 19.3. The van der Waals surface area contributed by atoms with Crippen LogP contribution in [0.5, 0.6) is 5.75 Å². The number of ketones is 2. The molecule has 2 aromatic rings. The Labute approximate surface area is 237 Å². The van der Waals surface area contributed by atoms with E-state index in [2.05, 4.69) is 13.5 Å². The van der Waals surface area contributed by atoms with E-state index < -0.39 is 58.0 Å². The fourth-order valence-electron chi connectivity index (χ4n) is 6.73. The lowest BCUT2D eigenvalue weighted by atomic mass is 9.57. The van der Waals surface area contributed by atoms with Crippen LogP contribution in [-0.4, -0.2) is 68.5 Å². The molecule has 3 aliphatic carbocycles. The smallest absolute Gasteiger partial charge is 0.255 e. The van der Waals surface area contributed by atoms with Gasteiger partial charge >= 0.3 is 0 Å². The maximum atomic E-state index is 14.0. The predicted octanol–water partition coefficient (Wildman–Crippen LogP) is 3.14. The number of aliphatic hydroxyl groups excluding tert-OH is 2. The maximum absolute atomic E-state index is 14.0. The minimum atomic E-state index is -2.66. The summed E-state index contributed by atoms with van der Waals surface area (Å²) in [6.07, 6.45) is 1.91. The highest BCUT2D eigenvalue weighted by atomic mass is 16.3. The molecule has 2 aromatic carbocycles. The molecule has 6 N–H and O–H groups in total. The van der Waals surface area contributed by atoms with Gasteiger partial charge in [0.2, 0.25) is 5.78 Å². The molecule has 1 amide bonds. The van der Waals surface area contributed by atoms with Crippen LogP contribution < -0.4 is 5.73 Å². The van der Waals surface area contributed by atoms with Crippen LogP contribution in [0.2, 0.25) is 0 Å². The number of likely N-dealkylation sites (N-methyl/N-ethyl adjacent to an activating group) is 1. The third kappa shape index (κ3) is 4.19. The summed E-state index contributed by atoms with van der Waals surface area (Å²) < 4.78 is 0. The summed E-state index contributed by atoms with van der Waals surface area (Å²) in [5.74, 6) is -6.66. The minimum absolute atomic E-state index is 0.0406. The first-order valence-electron chi connectivity index (χ1n) is 13.6. The lowest BCUT2D eigenvalue weighted by Gasteiger charge is -2.50. The van der Waals surface area contributed by atoms with E-state index in [9.17, 15) is 34.8 Å². The normalized spacial score (nSPS) is 25.6. The molecule has 0 aliphatic heterocycles. The molecular formula is C32H34N2O7. The van der Waals surface area contributed by atoms with Crippen molar-refractivity contribution in [3.63, 3.8) is 0 Å². The number of hydrogen-bond acceptors (Lipinski definition) is 8. The SMILES string of the molecule is C=C(CC)Cc1ccc(-c2ccc(O)c3c2C[C@H]2C[C@H]4C(N(C)C)C(=O)C(C(N)=O)=C(O)[C@]4(O)C(=O)C2=C3O)cc1. The zero-order chi connectivity index (χ0) is 30.0. The van der Waals surface area contributed by atoms with E-state index in [4.69, 9.17) is 5.73 Å². The van der Waals surface area contributed by atoms with E-state index in [0.29, 0.717) is 5.56 Å². The quantitative estimate of drug-likeness (QED) is 0.267. The lowest BCUT2D eigenvalue weighted by molar-refractivity contribution is -0.153. The molecule has 9 heteroatoms. The highest BCUT2D eigenvalue weighted by Crippen LogP contribution is 2.53. The number of primary amides is 1. The number of aromatic hydroxyl groups is 1. The first-order valence-corrected chi connectivity index (χ1v) is 13.6. The number of amides is 1. The number of aliphatic hydroxyl groups is 3. The number of nitrogens with two attached hydrogens (primary N) is 1. The zero-order valence-electron chi connectivity index (χ0n) is 23.3. The number of phenolic OH excluding ortho intramolecular Hbond substituents is 1. The molecule has 3 aliphatic rings. The van der Waals surface area contributed by atoms with Crippen LogP contribution in [0.4, 0.5) is 0 Å². The second kappa shape index (κ2) is 10.0. The second-order valence-corrected chi connectivity index (χ2v) is 11.4. The number of Topliss-reactive ketones (excluding diaryl/α,β-unsaturated/α-hetero) is 2. The van der Waals surface area contributed by atoms with Crippen molar-refractivity contribution in [2.24, 2.45) is 17.6 Å². The molecule has 1 saturated carbocycles. The molecule has 0 radical (unpaired) electrons. The number of hydrogen-bond donors (Lipinski definition) is 5. The number of nitrogens with zero attached hydrogens (tertiary/aromatic N) is 1. The summed E-state index contributed by atoms with van der Waals surface area (Å²) in [4.78, 5) is 40.8. The highest BCUT2D eigenvalue weighted by Gasteiger charge is 2.64. The van der Waals surface area contributed by atoms with E-state index in [-0.39, 0.29) is 29.7 Å². The van der Waals surface area contributed by atoms with Crippen LogP contribution in [0, 0.1) is 11.8 Å². The van der Waals surface area contributed by atoms with E-state index in [1.54, 1.807) is 20.2 Å². The minimum Gasteiger partial charge on any atom is -0.508 e. The van der Waals surface area contributed by atoms with Crippen LogP contribution >= 0.6 is 0 Å². The maximum Gasteiger partial charge on any atom is 0.255 e. The van der Waals surface area contributed by atoms with Gasteiger partial charge in [-0.15, -0.1) is 0 Å². The van der Waals surface area contributed by atoms with Crippen molar-refractivity contribution in [2.75, 3.05) is 14.1 Å². The third-order valence-electron chi connectivity index (χ3n) is 8.82. The number of benzene rings is 2. The molecule has 0 spiro atoms. The van der Waals surface area contributed by atoms with Gasteiger partial charge in [-0.2, -0.15) is 0 Å². The topological polar surface area (TPSA) is 161 Å². The van der Waals surface area contributed by atoms with Crippen molar-refractivity contribution in [1.82, 2.24) is 4.90 Å². The van der Waals surface area contributed by atoms with Gasteiger partial charge in [-0.25, -0.2) is 0 Å². The molecule has 5 rings (SSSR count). The monoisotopic (exact) mass is 558 g/mol. The van der Waals surface area contributed by atoms with Crippen LogP contribution in [-0.2, 0) is 27.2 Å². The summed E-state index contributed by atoms with van der Waals surface area (Å²) >= 11 is 0. The number of carbonyl (C=O) groups is 3. The van der Waals surface area contributed by atoms with Crippen molar-refractivity contribution >= 4 is 23.2 Å². The standard InChI is InChI=1S/C32H34N2O7/c1-5-15(2)12-16-6-8-17(9-7-16)19-10-11-22(35)24-20(19)13-18-14-21-26(34(3)4)28(37)25(31(33)40)30(39)32(21,41)29(38)23(18)27(24)36/h6-11,18,21,26,35-36,39,41H,2,5,12-14H2,1,3-4H3,(H2,33,40)/t18-,21-,26?,32+/m0/s1. The molecule has 0 saturated heterocycles. The summed E-state index contributed by atoms with van der Waals surface area (Å²) in [7, 11) is 3.14. The van der Waals surface area contributed by atoms with Gasteiger partial charge in [-0.3, -0.25) is 19.3 Å². The van der Waals surface area contributed by atoms with Gasteiger partial charge in [-0.05, 0) is 74.0 Å². The van der Waals surface area contributed by atoms with Crippen LogP contribution in [0.15, 0.2) is 65.5 Å². The molecule has 9 nitrogen and oxygen atoms in total. The van der Waals surface area contributed by atoms with Gasteiger partial charge in [0.05, 0.1) is 11.6 Å². The summed E-state index contributed by atoms with van der Waals surface area (Å²) in [5, 5.41) is 45.0. The van der Waals surface area contributed by atoms with Crippen LogP contribution in [0.25, 0.3) is 16.9 Å². The first kappa shape index (κ1) is 28.3. The fourth-order valence-corrected chi connectivity index (χ4v) is 6.73. The Balaban J connectivity index is 1.65. The van der Waals surface area contributed by atoms with Gasteiger partial charge in [0, 0.05) is 11.5 Å².